The highest BCUT2D eigenvalue weighted by Gasteiger charge is 2.03. The van der Waals surface area contributed by atoms with Crippen LogP contribution in [-0.4, -0.2) is 0 Å². The van der Waals surface area contributed by atoms with Crippen LogP contribution in [0, 0.1) is 10.8 Å². The zero-order chi connectivity index (χ0) is 12.1. The molecule has 1 nitrogen and oxygen atoms in total. The van der Waals surface area contributed by atoms with E-state index < -0.39 is 0 Å². The van der Waals surface area contributed by atoms with Crippen LogP contribution in [-0.2, 0) is 0 Å². The number of hydrogen-bond acceptors (Lipinski definition) is 1. The topological polar surface area (TPSA) is 26.0 Å². The third-order valence-corrected chi connectivity index (χ3v) is 1.66. The van der Waals surface area contributed by atoms with Crippen LogP contribution in [0.3, 0.4) is 0 Å². The molecule has 0 unspecified atom stereocenters. The predicted molar refractivity (Wildman–Crippen MR) is 69.5 cm³/mol. The van der Waals surface area contributed by atoms with Crippen LogP contribution in [0.5, 0.6) is 0 Å². The monoisotopic (exact) mass is 207 g/mol. The standard InChI is InChI=1S/C14H25N/c1-13(2,3)10-7-8-12(15)9-11-14(4,5)6/h7-11H,15H2,1-6H3/b10-7+,11-9+,12-8+. The van der Waals surface area contributed by atoms with Crippen molar-refractivity contribution in [3.05, 3.63) is 36.1 Å². The molecule has 0 aromatic rings. The highest BCUT2D eigenvalue weighted by molar-refractivity contribution is 5.22. The molecule has 0 amide bonds. The summed E-state index contributed by atoms with van der Waals surface area (Å²) in [6.45, 7) is 13.0. The summed E-state index contributed by atoms with van der Waals surface area (Å²) in [4.78, 5) is 0. The summed E-state index contributed by atoms with van der Waals surface area (Å²) in [5, 5.41) is 0. The van der Waals surface area contributed by atoms with Crippen LogP contribution >= 0.6 is 0 Å². The van der Waals surface area contributed by atoms with E-state index in [1.807, 2.05) is 18.2 Å². The van der Waals surface area contributed by atoms with Gasteiger partial charge in [0.25, 0.3) is 0 Å². The van der Waals surface area contributed by atoms with Crippen LogP contribution < -0.4 is 5.73 Å². The molecular formula is C14H25N. The first kappa shape index (κ1) is 14.0. The maximum Gasteiger partial charge on any atom is 0.0310 e. The van der Waals surface area contributed by atoms with Crippen molar-refractivity contribution in [1.82, 2.24) is 0 Å². The van der Waals surface area contributed by atoms with Gasteiger partial charge in [-0.1, -0.05) is 59.8 Å². The Morgan fingerprint density at radius 2 is 1.33 bits per heavy atom. The molecule has 0 spiro atoms. The SMILES string of the molecule is CC(C)(C)/C=C/C=C(N)\C=C\C(C)(C)C. The Morgan fingerprint density at radius 1 is 0.867 bits per heavy atom. The number of allylic oxidation sites excluding steroid dienone is 5. The Kier molecular flexibility index (Phi) is 4.86. The van der Waals surface area contributed by atoms with Crippen LogP contribution in [0.1, 0.15) is 41.5 Å². The van der Waals surface area contributed by atoms with Crippen LogP contribution in [0.25, 0.3) is 0 Å². The van der Waals surface area contributed by atoms with E-state index in [4.69, 9.17) is 5.73 Å². The van der Waals surface area contributed by atoms with Gasteiger partial charge in [-0.05, 0) is 23.0 Å². The smallest absolute Gasteiger partial charge is 0.0310 e. The lowest BCUT2D eigenvalue weighted by molar-refractivity contribution is 0.543. The van der Waals surface area contributed by atoms with Crippen molar-refractivity contribution in [2.75, 3.05) is 0 Å². The Hall–Kier alpha value is -0.980. The first-order chi connectivity index (χ1) is 6.60. The second kappa shape index (κ2) is 5.20. The van der Waals surface area contributed by atoms with Gasteiger partial charge < -0.3 is 5.73 Å². The highest BCUT2D eigenvalue weighted by atomic mass is 14.5. The van der Waals surface area contributed by atoms with Crippen LogP contribution in [0.15, 0.2) is 36.1 Å². The van der Waals surface area contributed by atoms with Crippen molar-refractivity contribution in [3.63, 3.8) is 0 Å². The lowest BCUT2D eigenvalue weighted by atomic mass is 9.95. The molecule has 0 aliphatic carbocycles. The summed E-state index contributed by atoms with van der Waals surface area (Å²) in [7, 11) is 0. The summed E-state index contributed by atoms with van der Waals surface area (Å²) in [5.41, 5.74) is 7.03. The van der Waals surface area contributed by atoms with Crippen molar-refractivity contribution in [3.8, 4) is 0 Å². The van der Waals surface area contributed by atoms with Gasteiger partial charge in [-0.15, -0.1) is 0 Å². The average molecular weight is 207 g/mol. The van der Waals surface area contributed by atoms with Crippen LogP contribution in [0.4, 0.5) is 0 Å². The quantitative estimate of drug-likeness (QED) is 0.680. The van der Waals surface area contributed by atoms with E-state index in [2.05, 4.69) is 53.7 Å². The third-order valence-electron chi connectivity index (χ3n) is 1.66. The summed E-state index contributed by atoms with van der Waals surface area (Å²) in [6, 6.07) is 0. The fourth-order valence-corrected chi connectivity index (χ4v) is 0.850. The molecule has 0 bridgehead atoms. The fraction of sp³-hybridized carbons (Fsp3) is 0.571. The maximum absolute atomic E-state index is 5.83. The molecule has 15 heavy (non-hydrogen) atoms. The molecule has 0 atom stereocenters. The average Bonchev–Trinajstić information content (AvgIpc) is 1.97. The van der Waals surface area contributed by atoms with Gasteiger partial charge in [-0.25, -0.2) is 0 Å². The molecular weight excluding hydrogens is 182 g/mol. The van der Waals surface area contributed by atoms with E-state index in [-0.39, 0.29) is 10.8 Å². The van der Waals surface area contributed by atoms with Gasteiger partial charge in [0.05, 0.1) is 0 Å². The lowest BCUT2D eigenvalue weighted by Gasteiger charge is -2.11. The molecule has 0 aliphatic rings. The second-order valence-corrected chi connectivity index (χ2v) is 6.09. The molecule has 2 N–H and O–H groups in total. The molecule has 0 saturated heterocycles. The van der Waals surface area contributed by atoms with Crippen LogP contribution in [0.2, 0.25) is 0 Å². The first-order valence-corrected chi connectivity index (χ1v) is 5.44. The molecule has 1 heteroatoms. The Bertz CT molecular complexity index is 267. The fourth-order valence-electron chi connectivity index (χ4n) is 0.850. The van der Waals surface area contributed by atoms with Crippen molar-refractivity contribution in [1.29, 1.82) is 0 Å². The predicted octanol–water partition coefficient (Wildman–Crippen LogP) is 4.03. The van der Waals surface area contributed by atoms with E-state index in [0.29, 0.717) is 0 Å². The van der Waals surface area contributed by atoms with Gasteiger partial charge in [0.2, 0.25) is 0 Å². The summed E-state index contributed by atoms with van der Waals surface area (Å²) in [5.74, 6) is 0. The molecule has 0 fully saturated rings. The van der Waals surface area contributed by atoms with Gasteiger partial charge in [0, 0.05) is 5.70 Å². The van der Waals surface area contributed by atoms with E-state index in [9.17, 15) is 0 Å². The van der Waals surface area contributed by atoms with Crippen molar-refractivity contribution >= 4 is 0 Å². The molecule has 0 radical (unpaired) electrons. The first-order valence-electron chi connectivity index (χ1n) is 5.44. The molecule has 0 heterocycles. The molecule has 0 rings (SSSR count). The molecule has 0 aromatic carbocycles. The Labute approximate surface area is 94.8 Å². The second-order valence-electron chi connectivity index (χ2n) is 6.09. The molecule has 0 saturated carbocycles. The van der Waals surface area contributed by atoms with Gasteiger partial charge in [-0.2, -0.15) is 0 Å². The van der Waals surface area contributed by atoms with E-state index >= 15 is 0 Å². The Morgan fingerprint density at radius 3 is 1.73 bits per heavy atom. The molecule has 0 aromatic heterocycles. The van der Waals surface area contributed by atoms with Crippen molar-refractivity contribution in [2.45, 2.75) is 41.5 Å². The summed E-state index contributed by atoms with van der Waals surface area (Å²) < 4.78 is 0. The molecule has 0 aliphatic heterocycles. The third kappa shape index (κ3) is 10.9. The van der Waals surface area contributed by atoms with E-state index in [1.165, 1.54) is 0 Å². The van der Waals surface area contributed by atoms with Crippen molar-refractivity contribution in [2.24, 2.45) is 16.6 Å². The van der Waals surface area contributed by atoms with Gasteiger partial charge in [-0.3, -0.25) is 0 Å². The Balaban J connectivity index is 4.35. The van der Waals surface area contributed by atoms with Gasteiger partial charge in [0.1, 0.15) is 0 Å². The maximum atomic E-state index is 5.83. The van der Waals surface area contributed by atoms with Gasteiger partial charge in [0.15, 0.2) is 0 Å². The summed E-state index contributed by atoms with van der Waals surface area (Å²) >= 11 is 0. The minimum Gasteiger partial charge on any atom is -0.399 e. The minimum atomic E-state index is 0.187. The largest absolute Gasteiger partial charge is 0.399 e. The highest BCUT2D eigenvalue weighted by Crippen LogP contribution is 2.16. The number of nitrogens with two attached hydrogens (primary N) is 1. The zero-order valence-electron chi connectivity index (χ0n) is 11.0. The summed E-state index contributed by atoms with van der Waals surface area (Å²) in [6.07, 6.45) is 10.2. The van der Waals surface area contributed by atoms with Crippen molar-refractivity contribution < 1.29 is 0 Å². The number of rotatable bonds is 2. The van der Waals surface area contributed by atoms with E-state index in [0.717, 1.165) is 5.70 Å². The molecule has 86 valence electrons. The van der Waals surface area contributed by atoms with E-state index in [1.54, 1.807) is 0 Å². The normalized spacial score (nSPS) is 15.5. The zero-order valence-corrected chi connectivity index (χ0v) is 11.0. The minimum absolute atomic E-state index is 0.187. The number of hydrogen-bond donors (Lipinski definition) is 1. The van der Waals surface area contributed by atoms with Gasteiger partial charge >= 0.3 is 0 Å². The lowest BCUT2D eigenvalue weighted by Crippen LogP contribution is -2.01.